The third kappa shape index (κ3) is 4.56. The normalized spacial score (nSPS) is 20.5. The second kappa shape index (κ2) is 10.4. The van der Waals surface area contributed by atoms with E-state index in [-0.39, 0.29) is 5.91 Å². The molecule has 1 aromatic heterocycles. The van der Waals surface area contributed by atoms with Gasteiger partial charge in [0, 0.05) is 5.56 Å². The largest absolute Gasteiger partial charge is 0.494 e. The number of hydrogen-bond acceptors (Lipinski definition) is 6. The van der Waals surface area contributed by atoms with Crippen molar-refractivity contribution in [1.29, 1.82) is 0 Å². The van der Waals surface area contributed by atoms with Gasteiger partial charge in [-0.15, -0.1) is 0 Å². The average Bonchev–Trinajstić information content (AvgIpc) is 3.65. The van der Waals surface area contributed by atoms with Crippen molar-refractivity contribution < 1.29 is 23.6 Å². The number of hydrogen-bond donors (Lipinski definition) is 0. The molecule has 9 heteroatoms. The maximum Gasteiger partial charge on any atom is 0.266 e. The van der Waals surface area contributed by atoms with E-state index in [1.165, 1.54) is 4.90 Å². The molecule has 2 saturated heterocycles. The van der Waals surface area contributed by atoms with Gasteiger partial charge in [-0.1, -0.05) is 48.3 Å². The molecule has 3 heterocycles. The third-order valence-corrected chi connectivity index (χ3v) is 7.56. The first-order valence-corrected chi connectivity index (χ1v) is 13.4. The Morgan fingerprint density at radius 1 is 0.846 bits per heavy atom. The van der Waals surface area contributed by atoms with Gasteiger partial charge in [0.25, 0.3) is 5.91 Å². The fourth-order valence-electron chi connectivity index (χ4n) is 4.98. The standard InChI is InChI=1S/C30H24Cl2N2O5/c1-2-16-37-21-11-9-19(10-12-21)33-29(35)26-27(34(39-28(26)30(33)36)20-6-4-3-5-7-20)25-15-14-24(38-25)18-8-13-22(31)23(32)17-18/h3-15,17,26-28H,2,16H2,1H3/t26-,27+,28+/m0/s1. The Hall–Kier alpha value is -3.78. The SMILES string of the molecule is CCCOc1ccc(N2C(=O)[C@H]3[C@@H](c4ccc(-c5ccc(Cl)c(Cl)c5)o4)N(c4ccccc4)O[C@H]3C2=O)cc1. The molecule has 0 unspecified atom stereocenters. The molecule has 0 spiro atoms. The lowest BCUT2D eigenvalue weighted by molar-refractivity contribution is -0.126. The van der Waals surface area contributed by atoms with Crippen LogP contribution in [0.15, 0.2) is 89.3 Å². The fourth-order valence-corrected chi connectivity index (χ4v) is 5.28. The summed E-state index contributed by atoms with van der Waals surface area (Å²) in [5.74, 6) is 0.112. The van der Waals surface area contributed by atoms with Gasteiger partial charge in [-0.2, -0.15) is 0 Å². The highest BCUT2D eigenvalue weighted by atomic mass is 35.5. The molecule has 0 aliphatic carbocycles. The number of benzene rings is 3. The van der Waals surface area contributed by atoms with E-state index in [9.17, 15) is 9.59 Å². The number of rotatable bonds is 7. The first-order chi connectivity index (χ1) is 19.0. The van der Waals surface area contributed by atoms with E-state index in [2.05, 4.69) is 0 Å². The Labute approximate surface area is 235 Å². The minimum Gasteiger partial charge on any atom is -0.494 e. The van der Waals surface area contributed by atoms with Crippen LogP contribution < -0.4 is 14.7 Å². The number of imide groups is 1. The number of anilines is 2. The van der Waals surface area contributed by atoms with Crippen molar-refractivity contribution >= 4 is 46.4 Å². The summed E-state index contributed by atoms with van der Waals surface area (Å²) in [4.78, 5) is 34.8. The molecule has 2 aliphatic rings. The zero-order valence-corrected chi connectivity index (χ0v) is 22.4. The number of carbonyl (C=O) groups excluding carboxylic acids is 2. The van der Waals surface area contributed by atoms with Gasteiger partial charge in [0.15, 0.2) is 6.10 Å². The summed E-state index contributed by atoms with van der Waals surface area (Å²) in [7, 11) is 0. The van der Waals surface area contributed by atoms with E-state index in [0.717, 1.165) is 12.0 Å². The predicted octanol–water partition coefficient (Wildman–Crippen LogP) is 7.09. The minimum absolute atomic E-state index is 0.358. The van der Waals surface area contributed by atoms with Crippen LogP contribution in [0.1, 0.15) is 25.1 Å². The molecule has 39 heavy (non-hydrogen) atoms. The van der Waals surface area contributed by atoms with E-state index >= 15 is 0 Å². The summed E-state index contributed by atoms with van der Waals surface area (Å²) in [6, 6.07) is 24.4. The highest BCUT2D eigenvalue weighted by molar-refractivity contribution is 6.42. The summed E-state index contributed by atoms with van der Waals surface area (Å²) < 4.78 is 11.9. The van der Waals surface area contributed by atoms with Crippen LogP contribution in [0.5, 0.6) is 5.75 Å². The van der Waals surface area contributed by atoms with Gasteiger partial charge in [0.1, 0.15) is 29.2 Å². The lowest BCUT2D eigenvalue weighted by Gasteiger charge is -2.27. The molecule has 2 amide bonds. The first kappa shape index (κ1) is 25.5. The zero-order valence-electron chi connectivity index (χ0n) is 20.9. The number of para-hydroxylation sites is 1. The van der Waals surface area contributed by atoms with Crippen LogP contribution in [-0.2, 0) is 14.4 Å². The Morgan fingerprint density at radius 2 is 1.62 bits per heavy atom. The lowest BCUT2D eigenvalue weighted by Crippen LogP contribution is -2.37. The quantitative estimate of drug-likeness (QED) is 0.224. The number of hydroxylamine groups is 1. The van der Waals surface area contributed by atoms with Gasteiger partial charge in [0.2, 0.25) is 5.91 Å². The molecule has 198 valence electrons. The number of nitrogens with zero attached hydrogens (tertiary/aromatic N) is 2. The number of amides is 2. The summed E-state index contributed by atoms with van der Waals surface area (Å²) in [6.07, 6.45) is -0.123. The average molecular weight is 563 g/mol. The van der Waals surface area contributed by atoms with E-state index in [1.54, 1.807) is 59.7 Å². The van der Waals surface area contributed by atoms with E-state index in [0.29, 0.717) is 45.3 Å². The van der Waals surface area contributed by atoms with E-state index in [1.807, 2.05) is 37.3 Å². The number of halogens is 2. The Bertz CT molecular complexity index is 1520. The summed E-state index contributed by atoms with van der Waals surface area (Å²) in [5.41, 5.74) is 1.90. The van der Waals surface area contributed by atoms with Crippen molar-refractivity contribution in [2.24, 2.45) is 5.92 Å². The topological polar surface area (TPSA) is 72.2 Å². The number of carbonyl (C=O) groups is 2. The Balaban J connectivity index is 1.36. The number of ether oxygens (including phenoxy) is 1. The van der Waals surface area contributed by atoms with Crippen LogP contribution in [0.25, 0.3) is 11.3 Å². The molecule has 0 N–H and O–H groups in total. The zero-order chi connectivity index (χ0) is 27.1. The highest BCUT2D eigenvalue weighted by Gasteiger charge is 2.61. The molecule has 0 radical (unpaired) electrons. The smallest absolute Gasteiger partial charge is 0.266 e. The maximum atomic E-state index is 13.9. The van der Waals surface area contributed by atoms with Gasteiger partial charge < -0.3 is 9.15 Å². The van der Waals surface area contributed by atoms with Gasteiger partial charge in [-0.3, -0.25) is 14.4 Å². The second-order valence-corrected chi connectivity index (χ2v) is 10.2. The van der Waals surface area contributed by atoms with Gasteiger partial charge in [-0.05, 0) is 73.2 Å². The van der Waals surface area contributed by atoms with Crippen LogP contribution >= 0.6 is 23.2 Å². The molecule has 2 fully saturated rings. The summed E-state index contributed by atoms with van der Waals surface area (Å²) >= 11 is 12.3. The van der Waals surface area contributed by atoms with Crippen molar-refractivity contribution in [3.63, 3.8) is 0 Å². The maximum absolute atomic E-state index is 13.9. The van der Waals surface area contributed by atoms with E-state index in [4.69, 9.17) is 37.2 Å². The molecule has 2 aliphatic heterocycles. The molecular formula is C30H24Cl2N2O5. The number of fused-ring (bicyclic) bond motifs is 1. The Morgan fingerprint density at radius 3 is 2.33 bits per heavy atom. The third-order valence-electron chi connectivity index (χ3n) is 6.82. The van der Waals surface area contributed by atoms with Gasteiger partial charge in [0.05, 0.1) is 28.0 Å². The summed E-state index contributed by atoms with van der Waals surface area (Å²) in [6.45, 7) is 2.61. The van der Waals surface area contributed by atoms with Gasteiger partial charge >= 0.3 is 0 Å². The van der Waals surface area contributed by atoms with Gasteiger partial charge in [-0.25, -0.2) is 9.96 Å². The Kier molecular flexibility index (Phi) is 6.81. The molecule has 3 aromatic carbocycles. The van der Waals surface area contributed by atoms with Crippen LogP contribution in [-0.4, -0.2) is 24.5 Å². The molecule has 0 bridgehead atoms. The van der Waals surface area contributed by atoms with Crippen molar-refractivity contribution in [2.45, 2.75) is 25.5 Å². The van der Waals surface area contributed by atoms with Crippen molar-refractivity contribution in [1.82, 2.24) is 0 Å². The lowest BCUT2D eigenvalue weighted by atomic mass is 9.94. The van der Waals surface area contributed by atoms with Crippen molar-refractivity contribution in [3.05, 3.63) is 101 Å². The number of furan rings is 1. The highest BCUT2D eigenvalue weighted by Crippen LogP contribution is 2.48. The minimum atomic E-state index is -1.00. The van der Waals surface area contributed by atoms with Crippen LogP contribution in [0, 0.1) is 5.92 Å². The molecule has 3 atom stereocenters. The molecule has 7 nitrogen and oxygen atoms in total. The van der Waals surface area contributed by atoms with Crippen molar-refractivity contribution in [2.75, 3.05) is 16.6 Å². The van der Waals surface area contributed by atoms with Crippen molar-refractivity contribution in [3.8, 4) is 17.1 Å². The molecular weight excluding hydrogens is 539 g/mol. The van der Waals surface area contributed by atoms with E-state index < -0.39 is 24.0 Å². The molecule has 0 saturated carbocycles. The summed E-state index contributed by atoms with van der Waals surface area (Å²) in [5, 5.41) is 2.44. The van der Waals surface area contributed by atoms with Crippen LogP contribution in [0.2, 0.25) is 10.0 Å². The predicted molar refractivity (Wildman–Crippen MR) is 149 cm³/mol. The second-order valence-electron chi connectivity index (χ2n) is 9.34. The first-order valence-electron chi connectivity index (χ1n) is 12.6. The van der Waals surface area contributed by atoms with Crippen LogP contribution in [0.3, 0.4) is 0 Å². The molecule has 6 rings (SSSR count). The molecule has 4 aromatic rings. The van der Waals surface area contributed by atoms with Crippen LogP contribution in [0.4, 0.5) is 11.4 Å². The monoisotopic (exact) mass is 562 g/mol. The fraction of sp³-hybridized carbons (Fsp3) is 0.200.